The first-order chi connectivity index (χ1) is 14.2. The average Bonchev–Trinajstić information content (AvgIpc) is 2.77. The van der Waals surface area contributed by atoms with E-state index in [-0.39, 0.29) is 12.0 Å². The number of benzene rings is 2. The van der Waals surface area contributed by atoms with Crippen LogP contribution in [0.3, 0.4) is 0 Å². The molecule has 0 saturated carbocycles. The molecule has 4 rings (SSSR count). The molecule has 0 N–H and O–H groups in total. The van der Waals surface area contributed by atoms with E-state index >= 15 is 0 Å². The molecule has 0 spiro atoms. The van der Waals surface area contributed by atoms with Gasteiger partial charge in [0, 0.05) is 6.54 Å². The van der Waals surface area contributed by atoms with Gasteiger partial charge >= 0.3 is 6.01 Å². The highest BCUT2D eigenvalue weighted by atomic mass is 35.5. The van der Waals surface area contributed by atoms with E-state index in [0.717, 1.165) is 30.5 Å². The van der Waals surface area contributed by atoms with E-state index in [1.54, 1.807) is 0 Å². The summed E-state index contributed by atoms with van der Waals surface area (Å²) in [6.45, 7) is 1.30. The number of carbonyl (C=O) groups excluding carboxylic acids is 1. The number of hydrogen-bond acceptors (Lipinski definition) is 4. The van der Waals surface area contributed by atoms with Gasteiger partial charge in [0.05, 0.1) is 30.4 Å². The molecular formula is C23H22ClN3O2. The van der Waals surface area contributed by atoms with Crippen LogP contribution in [-0.2, 0) is 11.2 Å². The summed E-state index contributed by atoms with van der Waals surface area (Å²) in [7, 11) is 0. The number of hydrogen-bond donors (Lipinski definition) is 0. The highest BCUT2D eigenvalue weighted by molar-refractivity contribution is 6.30. The van der Waals surface area contributed by atoms with Gasteiger partial charge in [0.15, 0.2) is 0 Å². The predicted octanol–water partition coefficient (Wildman–Crippen LogP) is 4.41. The lowest BCUT2D eigenvalue weighted by molar-refractivity contribution is -0.133. The normalized spacial score (nSPS) is 16.4. The van der Waals surface area contributed by atoms with Crippen molar-refractivity contribution in [3.8, 4) is 17.1 Å². The number of aromatic nitrogens is 2. The zero-order valence-corrected chi connectivity index (χ0v) is 16.8. The molecule has 0 bridgehead atoms. The molecule has 1 fully saturated rings. The molecule has 5 nitrogen and oxygen atoms in total. The molecule has 29 heavy (non-hydrogen) atoms. The van der Waals surface area contributed by atoms with Crippen LogP contribution in [0.5, 0.6) is 6.01 Å². The second-order valence-corrected chi connectivity index (χ2v) is 7.58. The van der Waals surface area contributed by atoms with E-state index in [1.807, 2.05) is 35.2 Å². The Morgan fingerprint density at radius 2 is 1.72 bits per heavy atom. The fraction of sp³-hybridized carbons (Fsp3) is 0.261. The highest BCUT2D eigenvalue weighted by Gasteiger charge is 2.25. The lowest BCUT2D eigenvalue weighted by Crippen LogP contribution is -2.45. The number of nitrogens with zero attached hydrogens (tertiary/aromatic N) is 3. The van der Waals surface area contributed by atoms with Crippen molar-refractivity contribution >= 4 is 17.5 Å². The Morgan fingerprint density at radius 3 is 2.45 bits per heavy atom. The largest absolute Gasteiger partial charge is 0.458 e. The minimum absolute atomic E-state index is 0.102. The molecule has 1 aromatic heterocycles. The van der Waals surface area contributed by atoms with Gasteiger partial charge in [-0.05, 0) is 29.5 Å². The third kappa shape index (κ3) is 5.12. The summed E-state index contributed by atoms with van der Waals surface area (Å²) in [6.07, 6.45) is 5.08. The van der Waals surface area contributed by atoms with Crippen LogP contribution < -0.4 is 4.74 Å². The maximum Gasteiger partial charge on any atom is 0.316 e. The Bertz CT molecular complexity index is 946. The van der Waals surface area contributed by atoms with E-state index in [0.29, 0.717) is 24.0 Å². The first-order valence-corrected chi connectivity index (χ1v) is 10.1. The van der Waals surface area contributed by atoms with Crippen LogP contribution >= 0.6 is 11.6 Å². The number of ether oxygens (including phenoxy) is 1. The summed E-state index contributed by atoms with van der Waals surface area (Å²) in [5.74, 6) is 0.114. The number of piperidine rings is 1. The Hall–Kier alpha value is -2.92. The molecule has 3 aromatic rings. The molecule has 1 unspecified atom stereocenters. The monoisotopic (exact) mass is 407 g/mol. The van der Waals surface area contributed by atoms with Crippen molar-refractivity contribution in [3.63, 3.8) is 0 Å². The van der Waals surface area contributed by atoms with E-state index in [9.17, 15) is 4.79 Å². The smallest absolute Gasteiger partial charge is 0.316 e. The minimum Gasteiger partial charge on any atom is -0.458 e. The van der Waals surface area contributed by atoms with E-state index < -0.39 is 0 Å². The van der Waals surface area contributed by atoms with Gasteiger partial charge in [-0.25, -0.2) is 9.97 Å². The van der Waals surface area contributed by atoms with Crippen LogP contribution in [0, 0.1) is 0 Å². The van der Waals surface area contributed by atoms with Crippen molar-refractivity contribution in [1.82, 2.24) is 14.9 Å². The Kier molecular flexibility index (Phi) is 6.06. The summed E-state index contributed by atoms with van der Waals surface area (Å²) in [6, 6.07) is 18.7. The van der Waals surface area contributed by atoms with Gasteiger partial charge in [0.25, 0.3) is 0 Å². The van der Waals surface area contributed by atoms with Crippen LogP contribution in [0.4, 0.5) is 0 Å². The second kappa shape index (κ2) is 9.05. The van der Waals surface area contributed by atoms with E-state index in [2.05, 4.69) is 34.2 Å². The molecule has 0 aliphatic carbocycles. The third-order valence-electron chi connectivity index (χ3n) is 5.02. The van der Waals surface area contributed by atoms with Gasteiger partial charge in [0.2, 0.25) is 5.91 Å². The van der Waals surface area contributed by atoms with E-state index in [1.165, 1.54) is 18.0 Å². The highest BCUT2D eigenvalue weighted by Crippen LogP contribution is 2.21. The van der Waals surface area contributed by atoms with Gasteiger partial charge in [-0.2, -0.15) is 0 Å². The molecule has 1 aliphatic rings. The Labute approximate surface area is 175 Å². The van der Waals surface area contributed by atoms with Crippen molar-refractivity contribution < 1.29 is 9.53 Å². The SMILES string of the molecule is O=C(Cc1ccc(-c2ccccc2)cc1)N1CCCC(Oc2ncc(Cl)cn2)C1. The summed E-state index contributed by atoms with van der Waals surface area (Å²) >= 11 is 5.81. The molecule has 6 heteroatoms. The van der Waals surface area contributed by atoms with Crippen molar-refractivity contribution in [1.29, 1.82) is 0 Å². The topological polar surface area (TPSA) is 55.3 Å². The molecule has 1 amide bonds. The molecule has 148 valence electrons. The first-order valence-electron chi connectivity index (χ1n) is 9.74. The molecule has 1 atom stereocenters. The fourth-order valence-electron chi connectivity index (χ4n) is 3.50. The van der Waals surface area contributed by atoms with Gasteiger partial charge in [-0.15, -0.1) is 0 Å². The molecule has 1 saturated heterocycles. The lowest BCUT2D eigenvalue weighted by atomic mass is 10.0. The Balaban J connectivity index is 1.34. The summed E-state index contributed by atoms with van der Waals surface area (Å²) in [5, 5.41) is 0.469. The summed E-state index contributed by atoms with van der Waals surface area (Å²) in [4.78, 5) is 22.8. The van der Waals surface area contributed by atoms with Gasteiger partial charge in [-0.3, -0.25) is 4.79 Å². The van der Waals surface area contributed by atoms with E-state index in [4.69, 9.17) is 16.3 Å². The molecule has 0 radical (unpaired) electrons. The van der Waals surface area contributed by atoms with Crippen molar-refractivity contribution in [3.05, 3.63) is 77.6 Å². The van der Waals surface area contributed by atoms with Crippen LogP contribution in [0.15, 0.2) is 67.0 Å². The Morgan fingerprint density at radius 1 is 1.03 bits per heavy atom. The summed E-state index contributed by atoms with van der Waals surface area (Å²) in [5.41, 5.74) is 3.33. The quantitative estimate of drug-likeness (QED) is 0.628. The fourth-order valence-corrected chi connectivity index (χ4v) is 3.60. The van der Waals surface area contributed by atoms with Crippen LogP contribution in [0.2, 0.25) is 5.02 Å². The average molecular weight is 408 g/mol. The number of carbonyl (C=O) groups is 1. The maximum atomic E-state index is 12.8. The lowest BCUT2D eigenvalue weighted by Gasteiger charge is -2.32. The van der Waals surface area contributed by atoms with Crippen LogP contribution in [0.25, 0.3) is 11.1 Å². The first kappa shape index (κ1) is 19.4. The second-order valence-electron chi connectivity index (χ2n) is 7.15. The van der Waals surface area contributed by atoms with Crippen LogP contribution in [0.1, 0.15) is 18.4 Å². The van der Waals surface area contributed by atoms with Crippen LogP contribution in [-0.4, -0.2) is 40.0 Å². The zero-order valence-electron chi connectivity index (χ0n) is 16.0. The number of likely N-dealkylation sites (tertiary alicyclic amines) is 1. The maximum absolute atomic E-state index is 12.8. The van der Waals surface area contributed by atoms with Crippen molar-refractivity contribution in [2.75, 3.05) is 13.1 Å². The summed E-state index contributed by atoms with van der Waals surface area (Å²) < 4.78 is 5.83. The zero-order chi connectivity index (χ0) is 20.1. The van der Waals surface area contributed by atoms with Crippen molar-refractivity contribution in [2.24, 2.45) is 0 Å². The molecule has 2 heterocycles. The molecule has 2 aromatic carbocycles. The van der Waals surface area contributed by atoms with Gasteiger partial charge < -0.3 is 9.64 Å². The van der Waals surface area contributed by atoms with Crippen molar-refractivity contribution in [2.45, 2.75) is 25.4 Å². The minimum atomic E-state index is -0.102. The number of amides is 1. The number of halogens is 1. The van der Waals surface area contributed by atoms with Gasteiger partial charge in [-0.1, -0.05) is 66.2 Å². The third-order valence-corrected chi connectivity index (χ3v) is 5.21. The number of rotatable bonds is 5. The standard InChI is InChI=1S/C23H22ClN3O2/c24-20-14-25-23(26-15-20)29-21-7-4-12-27(16-21)22(28)13-17-8-10-19(11-9-17)18-5-2-1-3-6-18/h1-3,5-6,8-11,14-15,21H,4,7,12-13,16H2. The predicted molar refractivity (Wildman–Crippen MR) is 113 cm³/mol. The molecule has 1 aliphatic heterocycles. The van der Waals surface area contributed by atoms with Gasteiger partial charge in [0.1, 0.15) is 6.10 Å². The molecular weight excluding hydrogens is 386 g/mol.